The fourth-order valence-electron chi connectivity index (χ4n) is 2.46. The minimum absolute atomic E-state index is 0.681. The van der Waals surface area contributed by atoms with Gasteiger partial charge in [0, 0.05) is 19.3 Å². The molecule has 0 heterocycles. The Bertz CT molecular complexity index is 371. The molecule has 0 radical (unpaired) electrons. The van der Waals surface area contributed by atoms with Crippen molar-refractivity contribution in [2.75, 3.05) is 32.1 Å². The van der Waals surface area contributed by atoms with Gasteiger partial charge in [-0.1, -0.05) is 31.5 Å². The van der Waals surface area contributed by atoms with Crippen LogP contribution >= 0.6 is 0 Å². The summed E-state index contributed by atoms with van der Waals surface area (Å²) in [6.45, 7) is 11.1. The molecule has 0 amide bonds. The Morgan fingerprint density at radius 3 is 2.39 bits per heavy atom. The third-order valence-corrected chi connectivity index (χ3v) is 3.68. The molecule has 1 aromatic carbocycles. The van der Waals surface area contributed by atoms with Gasteiger partial charge in [-0.05, 0) is 50.9 Å². The SMILES string of the molecule is CNCC(CN(C)c1ccc(C)cc1C)C(C)C. The summed E-state index contributed by atoms with van der Waals surface area (Å²) in [4.78, 5) is 2.39. The first-order valence-corrected chi connectivity index (χ1v) is 6.88. The zero-order valence-corrected chi connectivity index (χ0v) is 12.7. The maximum Gasteiger partial charge on any atom is 0.0393 e. The number of hydrogen-bond donors (Lipinski definition) is 1. The molecule has 0 aliphatic heterocycles. The Labute approximate surface area is 112 Å². The van der Waals surface area contributed by atoms with Crippen LogP contribution in [0.5, 0.6) is 0 Å². The molecule has 0 spiro atoms. The van der Waals surface area contributed by atoms with E-state index in [2.05, 4.69) is 63.2 Å². The maximum absolute atomic E-state index is 3.30. The zero-order chi connectivity index (χ0) is 13.7. The molecular formula is C16H28N2. The van der Waals surface area contributed by atoms with Crippen molar-refractivity contribution in [3.05, 3.63) is 29.3 Å². The molecule has 0 fully saturated rings. The highest BCUT2D eigenvalue weighted by atomic mass is 15.1. The van der Waals surface area contributed by atoms with Gasteiger partial charge in [0.05, 0.1) is 0 Å². The van der Waals surface area contributed by atoms with Crippen LogP contribution in [0.15, 0.2) is 18.2 Å². The third-order valence-electron chi connectivity index (χ3n) is 3.68. The van der Waals surface area contributed by atoms with Gasteiger partial charge in [0.25, 0.3) is 0 Å². The van der Waals surface area contributed by atoms with Gasteiger partial charge in [-0.15, -0.1) is 0 Å². The number of benzene rings is 1. The maximum atomic E-state index is 3.30. The fourth-order valence-corrected chi connectivity index (χ4v) is 2.46. The van der Waals surface area contributed by atoms with Crippen LogP contribution in [0, 0.1) is 25.7 Å². The van der Waals surface area contributed by atoms with Crippen molar-refractivity contribution in [2.24, 2.45) is 11.8 Å². The van der Waals surface area contributed by atoms with Crippen molar-refractivity contribution in [1.82, 2.24) is 5.32 Å². The first kappa shape index (κ1) is 15.0. The van der Waals surface area contributed by atoms with Gasteiger partial charge in [0.15, 0.2) is 0 Å². The molecule has 1 unspecified atom stereocenters. The summed E-state index contributed by atoms with van der Waals surface area (Å²) in [5.41, 5.74) is 4.05. The molecule has 1 atom stereocenters. The highest BCUT2D eigenvalue weighted by Gasteiger charge is 2.16. The topological polar surface area (TPSA) is 15.3 Å². The van der Waals surface area contributed by atoms with E-state index in [1.54, 1.807) is 0 Å². The van der Waals surface area contributed by atoms with Gasteiger partial charge in [0.2, 0.25) is 0 Å². The van der Waals surface area contributed by atoms with E-state index in [1.807, 2.05) is 7.05 Å². The molecule has 0 saturated heterocycles. The lowest BCUT2D eigenvalue weighted by Crippen LogP contribution is -2.34. The van der Waals surface area contributed by atoms with Crippen molar-refractivity contribution in [3.63, 3.8) is 0 Å². The van der Waals surface area contributed by atoms with Crippen LogP contribution in [0.4, 0.5) is 5.69 Å². The molecule has 0 bridgehead atoms. The molecule has 1 aromatic rings. The molecule has 18 heavy (non-hydrogen) atoms. The largest absolute Gasteiger partial charge is 0.374 e. The molecule has 1 N–H and O–H groups in total. The van der Waals surface area contributed by atoms with E-state index in [4.69, 9.17) is 0 Å². The van der Waals surface area contributed by atoms with Crippen LogP contribution in [-0.4, -0.2) is 27.2 Å². The predicted octanol–water partition coefficient (Wildman–Crippen LogP) is 3.23. The van der Waals surface area contributed by atoms with Crippen LogP contribution < -0.4 is 10.2 Å². The van der Waals surface area contributed by atoms with Crippen molar-refractivity contribution in [3.8, 4) is 0 Å². The molecule has 0 aliphatic rings. The van der Waals surface area contributed by atoms with E-state index in [-0.39, 0.29) is 0 Å². The first-order chi connectivity index (χ1) is 8.45. The van der Waals surface area contributed by atoms with Crippen LogP contribution in [0.1, 0.15) is 25.0 Å². The van der Waals surface area contributed by atoms with E-state index in [0.717, 1.165) is 13.1 Å². The summed E-state index contributed by atoms with van der Waals surface area (Å²) < 4.78 is 0. The zero-order valence-electron chi connectivity index (χ0n) is 12.7. The van der Waals surface area contributed by atoms with Gasteiger partial charge < -0.3 is 10.2 Å². The van der Waals surface area contributed by atoms with Crippen LogP contribution in [0.25, 0.3) is 0 Å². The van der Waals surface area contributed by atoms with Crippen LogP contribution in [0.3, 0.4) is 0 Å². The number of nitrogens with zero attached hydrogens (tertiary/aromatic N) is 1. The van der Waals surface area contributed by atoms with Gasteiger partial charge in [-0.3, -0.25) is 0 Å². The Morgan fingerprint density at radius 2 is 1.89 bits per heavy atom. The Kier molecular flexibility index (Phi) is 5.67. The van der Waals surface area contributed by atoms with E-state index in [0.29, 0.717) is 11.8 Å². The second kappa shape index (κ2) is 6.79. The van der Waals surface area contributed by atoms with Crippen molar-refractivity contribution in [2.45, 2.75) is 27.7 Å². The lowest BCUT2D eigenvalue weighted by atomic mass is 9.95. The highest BCUT2D eigenvalue weighted by molar-refractivity contribution is 5.53. The van der Waals surface area contributed by atoms with Gasteiger partial charge >= 0.3 is 0 Å². The van der Waals surface area contributed by atoms with Gasteiger partial charge in [-0.2, -0.15) is 0 Å². The average Bonchev–Trinajstić information content (AvgIpc) is 2.27. The lowest BCUT2D eigenvalue weighted by Gasteiger charge is -2.29. The van der Waals surface area contributed by atoms with Crippen LogP contribution in [0.2, 0.25) is 0 Å². The predicted molar refractivity (Wildman–Crippen MR) is 81.4 cm³/mol. The third kappa shape index (κ3) is 4.02. The molecule has 0 saturated carbocycles. The van der Waals surface area contributed by atoms with E-state index < -0.39 is 0 Å². The number of hydrogen-bond acceptors (Lipinski definition) is 2. The summed E-state index contributed by atoms with van der Waals surface area (Å²) in [6, 6.07) is 6.69. The van der Waals surface area contributed by atoms with Gasteiger partial charge in [0.1, 0.15) is 0 Å². The van der Waals surface area contributed by atoms with Gasteiger partial charge in [-0.25, -0.2) is 0 Å². The second-order valence-electron chi connectivity index (χ2n) is 5.73. The highest BCUT2D eigenvalue weighted by Crippen LogP contribution is 2.22. The minimum Gasteiger partial charge on any atom is -0.374 e. The number of anilines is 1. The molecular weight excluding hydrogens is 220 g/mol. The van der Waals surface area contributed by atoms with E-state index in [9.17, 15) is 0 Å². The number of rotatable bonds is 6. The summed E-state index contributed by atoms with van der Waals surface area (Å²) in [5.74, 6) is 1.38. The molecule has 1 rings (SSSR count). The van der Waals surface area contributed by atoms with Crippen LogP contribution in [-0.2, 0) is 0 Å². The standard InChI is InChI=1S/C16H28N2/c1-12(2)15(10-17-5)11-18(6)16-8-7-13(3)9-14(16)4/h7-9,12,15,17H,10-11H2,1-6H3. The smallest absolute Gasteiger partial charge is 0.0393 e. The summed E-state index contributed by atoms with van der Waals surface area (Å²) >= 11 is 0. The Hall–Kier alpha value is -1.02. The van der Waals surface area contributed by atoms with Crippen molar-refractivity contribution < 1.29 is 0 Å². The molecule has 2 heteroatoms. The minimum atomic E-state index is 0.681. The molecule has 0 aromatic heterocycles. The van der Waals surface area contributed by atoms with E-state index in [1.165, 1.54) is 16.8 Å². The Morgan fingerprint density at radius 1 is 1.22 bits per heavy atom. The summed E-state index contributed by atoms with van der Waals surface area (Å²) in [5, 5.41) is 3.30. The normalized spacial score (nSPS) is 12.8. The van der Waals surface area contributed by atoms with E-state index >= 15 is 0 Å². The quantitative estimate of drug-likeness (QED) is 0.831. The molecule has 102 valence electrons. The second-order valence-corrected chi connectivity index (χ2v) is 5.73. The number of nitrogens with one attached hydrogen (secondary N) is 1. The monoisotopic (exact) mass is 248 g/mol. The fraction of sp³-hybridized carbons (Fsp3) is 0.625. The molecule has 0 aliphatic carbocycles. The average molecular weight is 248 g/mol. The number of aryl methyl sites for hydroxylation is 2. The summed E-state index contributed by atoms with van der Waals surface area (Å²) in [6.07, 6.45) is 0. The van der Waals surface area contributed by atoms with Crippen molar-refractivity contribution >= 4 is 5.69 Å². The Balaban J connectivity index is 2.76. The lowest BCUT2D eigenvalue weighted by molar-refractivity contribution is 0.376. The van der Waals surface area contributed by atoms with Crippen molar-refractivity contribution in [1.29, 1.82) is 0 Å². The first-order valence-electron chi connectivity index (χ1n) is 6.88. The summed E-state index contributed by atoms with van der Waals surface area (Å²) in [7, 11) is 4.23. The molecule has 2 nitrogen and oxygen atoms in total.